The molecule has 0 atom stereocenters. The maximum Gasteiger partial charge on any atom is 0.291 e. The molecule has 0 aliphatic rings. The first-order valence-corrected chi connectivity index (χ1v) is 5.14. The number of aryl methyl sites for hydroxylation is 1. The van der Waals surface area contributed by atoms with Crippen LogP contribution in [0, 0.1) is 0 Å². The van der Waals surface area contributed by atoms with Crippen LogP contribution in [-0.4, -0.2) is 21.9 Å². The van der Waals surface area contributed by atoms with Crippen LogP contribution in [0.2, 0.25) is 0 Å². The van der Waals surface area contributed by atoms with E-state index in [-0.39, 0.29) is 5.91 Å². The zero-order valence-corrected chi connectivity index (χ0v) is 9.37. The standard InChI is InChI=1S/C12H12N4O/c1-16-8-7-11(15-16)12(17)14-13-9-10-5-3-2-4-6-10/h2-9H,1H3,(H,14,17)/b13-9-. The average Bonchev–Trinajstić information content (AvgIpc) is 2.77. The van der Waals surface area contributed by atoms with Crippen molar-refractivity contribution >= 4 is 12.1 Å². The highest BCUT2D eigenvalue weighted by molar-refractivity contribution is 5.92. The molecule has 0 spiro atoms. The minimum atomic E-state index is -0.321. The van der Waals surface area contributed by atoms with Crippen LogP contribution >= 0.6 is 0 Å². The molecule has 86 valence electrons. The first-order valence-electron chi connectivity index (χ1n) is 5.14. The summed E-state index contributed by atoms with van der Waals surface area (Å²) in [5.41, 5.74) is 3.69. The Hall–Kier alpha value is -2.43. The van der Waals surface area contributed by atoms with Crippen molar-refractivity contribution < 1.29 is 4.79 Å². The normalized spacial score (nSPS) is 10.6. The van der Waals surface area contributed by atoms with Crippen LogP contribution in [0.3, 0.4) is 0 Å². The second-order valence-corrected chi connectivity index (χ2v) is 3.48. The van der Waals surface area contributed by atoms with Crippen LogP contribution in [0.25, 0.3) is 0 Å². The number of hydrogen-bond donors (Lipinski definition) is 1. The average molecular weight is 228 g/mol. The van der Waals surface area contributed by atoms with Crippen LogP contribution < -0.4 is 5.43 Å². The topological polar surface area (TPSA) is 59.3 Å². The van der Waals surface area contributed by atoms with E-state index in [9.17, 15) is 4.79 Å². The first kappa shape index (κ1) is 11.1. The van der Waals surface area contributed by atoms with Crippen molar-refractivity contribution in [3.05, 3.63) is 53.9 Å². The summed E-state index contributed by atoms with van der Waals surface area (Å²) in [6.45, 7) is 0. The molecule has 0 saturated heterocycles. The Morgan fingerprint density at radius 1 is 1.35 bits per heavy atom. The Balaban J connectivity index is 1.95. The molecule has 0 unspecified atom stereocenters. The minimum Gasteiger partial charge on any atom is -0.275 e. The van der Waals surface area contributed by atoms with Crippen LogP contribution in [0.15, 0.2) is 47.7 Å². The van der Waals surface area contributed by atoms with Gasteiger partial charge in [0.2, 0.25) is 0 Å². The number of benzene rings is 1. The van der Waals surface area contributed by atoms with Gasteiger partial charge in [0.25, 0.3) is 5.91 Å². The molecule has 5 heteroatoms. The van der Waals surface area contributed by atoms with E-state index < -0.39 is 0 Å². The van der Waals surface area contributed by atoms with E-state index >= 15 is 0 Å². The lowest BCUT2D eigenvalue weighted by molar-refractivity contribution is 0.0949. The third-order valence-corrected chi connectivity index (χ3v) is 2.13. The minimum absolute atomic E-state index is 0.321. The molecule has 2 aromatic rings. The molecule has 1 aromatic heterocycles. The lowest BCUT2D eigenvalue weighted by Gasteiger charge is -1.95. The predicted molar refractivity (Wildman–Crippen MR) is 64.7 cm³/mol. The number of nitrogens with zero attached hydrogens (tertiary/aromatic N) is 3. The van der Waals surface area contributed by atoms with Gasteiger partial charge in [0, 0.05) is 13.2 Å². The van der Waals surface area contributed by atoms with Gasteiger partial charge in [0.1, 0.15) is 0 Å². The number of rotatable bonds is 3. The van der Waals surface area contributed by atoms with Gasteiger partial charge in [-0.2, -0.15) is 10.2 Å². The van der Waals surface area contributed by atoms with Crippen molar-refractivity contribution in [2.24, 2.45) is 12.1 Å². The predicted octanol–water partition coefficient (Wildman–Crippen LogP) is 1.18. The molecule has 0 bridgehead atoms. The molecular formula is C12H12N4O. The van der Waals surface area contributed by atoms with Gasteiger partial charge >= 0.3 is 0 Å². The van der Waals surface area contributed by atoms with E-state index in [2.05, 4.69) is 15.6 Å². The zero-order valence-electron chi connectivity index (χ0n) is 9.37. The van der Waals surface area contributed by atoms with Gasteiger partial charge in [0.15, 0.2) is 5.69 Å². The maximum absolute atomic E-state index is 11.5. The van der Waals surface area contributed by atoms with Gasteiger partial charge in [-0.05, 0) is 11.6 Å². The first-order chi connectivity index (χ1) is 8.25. The molecule has 0 aliphatic carbocycles. The van der Waals surface area contributed by atoms with Crippen LogP contribution in [0.1, 0.15) is 16.1 Å². The Morgan fingerprint density at radius 2 is 2.12 bits per heavy atom. The van der Waals surface area contributed by atoms with E-state index in [1.165, 1.54) is 0 Å². The van der Waals surface area contributed by atoms with Gasteiger partial charge in [-0.15, -0.1) is 0 Å². The van der Waals surface area contributed by atoms with E-state index in [0.29, 0.717) is 5.69 Å². The van der Waals surface area contributed by atoms with Crippen molar-refractivity contribution in [3.8, 4) is 0 Å². The van der Waals surface area contributed by atoms with Gasteiger partial charge < -0.3 is 0 Å². The fraction of sp³-hybridized carbons (Fsp3) is 0.0833. The molecule has 0 fully saturated rings. The van der Waals surface area contributed by atoms with Gasteiger partial charge in [0.05, 0.1) is 6.21 Å². The number of hydrazone groups is 1. The van der Waals surface area contributed by atoms with E-state index in [1.54, 1.807) is 30.2 Å². The highest BCUT2D eigenvalue weighted by Crippen LogP contribution is 1.95. The number of aromatic nitrogens is 2. The summed E-state index contributed by atoms with van der Waals surface area (Å²) in [6, 6.07) is 11.2. The monoisotopic (exact) mass is 228 g/mol. The summed E-state index contributed by atoms with van der Waals surface area (Å²) in [4.78, 5) is 11.5. The Morgan fingerprint density at radius 3 is 2.76 bits per heavy atom. The van der Waals surface area contributed by atoms with Crippen LogP contribution in [0.4, 0.5) is 0 Å². The lowest BCUT2D eigenvalue weighted by atomic mass is 10.2. The van der Waals surface area contributed by atoms with Crippen molar-refractivity contribution in [2.75, 3.05) is 0 Å². The van der Waals surface area contributed by atoms with E-state index in [4.69, 9.17) is 0 Å². The molecule has 0 saturated carbocycles. The molecule has 1 N–H and O–H groups in total. The fourth-order valence-corrected chi connectivity index (χ4v) is 1.30. The molecular weight excluding hydrogens is 216 g/mol. The summed E-state index contributed by atoms with van der Waals surface area (Å²) in [5, 5.41) is 7.82. The molecule has 0 aliphatic heterocycles. The lowest BCUT2D eigenvalue weighted by Crippen LogP contribution is -2.18. The highest BCUT2D eigenvalue weighted by Gasteiger charge is 2.06. The third kappa shape index (κ3) is 3.01. The molecule has 17 heavy (non-hydrogen) atoms. The molecule has 1 amide bonds. The molecule has 2 rings (SSSR count). The summed E-state index contributed by atoms with van der Waals surface area (Å²) in [6.07, 6.45) is 3.29. The summed E-state index contributed by atoms with van der Waals surface area (Å²) < 4.78 is 1.57. The summed E-state index contributed by atoms with van der Waals surface area (Å²) in [7, 11) is 1.75. The van der Waals surface area contributed by atoms with Crippen molar-refractivity contribution in [1.82, 2.24) is 15.2 Å². The molecule has 1 heterocycles. The Bertz CT molecular complexity index is 530. The fourth-order valence-electron chi connectivity index (χ4n) is 1.30. The SMILES string of the molecule is Cn1ccc(C(=O)N/N=C\c2ccccc2)n1. The van der Waals surface area contributed by atoms with Gasteiger partial charge in [-0.25, -0.2) is 5.43 Å². The van der Waals surface area contributed by atoms with Crippen molar-refractivity contribution in [1.29, 1.82) is 0 Å². The van der Waals surface area contributed by atoms with Gasteiger partial charge in [-0.3, -0.25) is 9.48 Å². The van der Waals surface area contributed by atoms with E-state index in [0.717, 1.165) is 5.56 Å². The van der Waals surface area contributed by atoms with E-state index in [1.807, 2.05) is 30.3 Å². The van der Waals surface area contributed by atoms with Crippen molar-refractivity contribution in [2.45, 2.75) is 0 Å². The zero-order chi connectivity index (χ0) is 12.1. The third-order valence-electron chi connectivity index (χ3n) is 2.13. The number of carbonyl (C=O) groups is 1. The Kier molecular flexibility index (Phi) is 3.30. The molecule has 0 radical (unpaired) electrons. The number of carbonyl (C=O) groups excluding carboxylic acids is 1. The second kappa shape index (κ2) is 5.07. The number of hydrogen-bond acceptors (Lipinski definition) is 3. The quantitative estimate of drug-likeness (QED) is 0.633. The molecule has 1 aromatic carbocycles. The Labute approximate surface area is 98.8 Å². The summed E-state index contributed by atoms with van der Waals surface area (Å²) >= 11 is 0. The van der Waals surface area contributed by atoms with Crippen LogP contribution in [-0.2, 0) is 7.05 Å². The number of amides is 1. The van der Waals surface area contributed by atoms with Crippen molar-refractivity contribution in [3.63, 3.8) is 0 Å². The summed E-state index contributed by atoms with van der Waals surface area (Å²) in [5.74, 6) is -0.321. The van der Waals surface area contributed by atoms with Gasteiger partial charge in [-0.1, -0.05) is 30.3 Å². The second-order valence-electron chi connectivity index (χ2n) is 3.48. The highest BCUT2D eigenvalue weighted by atomic mass is 16.2. The molecule has 5 nitrogen and oxygen atoms in total. The largest absolute Gasteiger partial charge is 0.291 e. The maximum atomic E-state index is 11.5. The number of nitrogens with one attached hydrogen (secondary N) is 1. The van der Waals surface area contributed by atoms with Crippen LogP contribution in [0.5, 0.6) is 0 Å². The smallest absolute Gasteiger partial charge is 0.275 e.